The van der Waals surface area contributed by atoms with Gasteiger partial charge in [-0.25, -0.2) is 0 Å². The van der Waals surface area contributed by atoms with E-state index in [-0.39, 0.29) is 37.2 Å². The number of carboxylic acids is 1. The highest BCUT2D eigenvalue weighted by Crippen LogP contribution is 2.22. The maximum atomic E-state index is 13.3. The van der Waals surface area contributed by atoms with Crippen LogP contribution in [0, 0.1) is 11.8 Å². The molecule has 7 heteroatoms. The number of carbonyl (C=O) groups is 3. The van der Waals surface area contributed by atoms with E-state index in [1.165, 1.54) is 4.90 Å². The Kier molecular flexibility index (Phi) is 8.22. The third-order valence-corrected chi connectivity index (χ3v) is 5.81. The van der Waals surface area contributed by atoms with Crippen LogP contribution in [0.5, 0.6) is 0 Å². The van der Waals surface area contributed by atoms with Crippen molar-refractivity contribution in [1.82, 2.24) is 9.80 Å². The molecule has 0 unspecified atom stereocenters. The Labute approximate surface area is 188 Å². The van der Waals surface area contributed by atoms with Gasteiger partial charge in [-0.05, 0) is 28.7 Å². The predicted molar refractivity (Wildman–Crippen MR) is 122 cm³/mol. The summed E-state index contributed by atoms with van der Waals surface area (Å²) in [6.45, 7) is 6.03. The van der Waals surface area contributed by atoms with Gasteiger partial charge in [-0.1, -0.05) is 56.3 Å². The Morgan fingerprint density at radius 2 is 1.75 bits per heavy atom. The summed E-state index contributed by atoms with van der Waals surface area (Å²) in [6, 6.07) is 13.8. The number of nitrogens with zero attached hydrogens (tertiary/aromatic N) is 2. The van der Waals surface area contributed by atoms with E-state index >= 15 is 0 Å². The number of aliphatic carboxylic acids is 1. The minimum atomic E-state index is -0.975. The summed E-state index contributed by atoms with van der Waals surface area (Å²) in [7, 11) is 0. The SMILES string of the molecule is CC(C)C[C@H](CC(=O)N(CC(=O)N1CCOCC1)Cc1cccc2ccccc12)C(=O)O. The van der Waals surface area contributed by atoms with Crippen molar-refractivity contribution in [2.24, 2.45) is 11.8 Å². The number of fused-ring (bicyclic) bond motifs is 1. The Morgan fingerprint density at radius 3 is 2.44 bits per heavy atom. The van der Waals surface area contributed by atoms with Gasteiger partial charge in [0.25, 0.3) is 0 Å². The molecule has 2 amide bonds. The standard InChI is InChI=1S/C25H32N2O5/c1-18(2)14-21(25(30)31)15-23(28)27(17-24(29)26-10-12-32-13-11-26)16-20-8-5-7-19-6-3-4-9-22(19)20/h3-9,18,21H,10-17H2,1-2H3,(H,30,31)/t21-/m1/s1. The van der Waals surface area contributed by atoms with Crippen LogP contribution in [0.4, 0.5) is 0 Å². The number of hydrogen-bond donors (Lipinski definition) is 1. The molecule has 2 aromatic rings. The van der Waals surface area contributed by atoms with Crippen LogP contribution in [0.3, 0.4) is 0 Å². The number of carbonyl (C=O) groups excluding carboxylic acids is 2. The van der Waals surface area contributed by atoms with Crippen molar-refractivity contribution in [3.63, 3.8) is 0 Å². The quantitative estimate of drug-likeness (QED) is 0.647. The normalized spacial score (nSPS) is 15.0. The van der Waals surface area contributed by atoms with Gasteiger partial charge in [0.15, 0.2) is 0 Å². The van der Waals surface area contributed by atoms with Crippen LogP contribution in [-0.4, -0.2) is 65.5 Å². The van der Waals surface area contributed by atoms with Gasteiger partial charge in [0.05, 0.1) is 19.1 Å². The number of morpholine rings is 1. The lowest BCUT2D eigenvalue weighted by Crippen LogP contribution is -2.47. The minimum absolute atomic E-state index is 0.0733. The molecule has 1 aliphatic rings. The molecule has 172 valence electrons. The summed E-state index contributed by atoms with van der Waals surface area (Å²) in [6.07, 6.45) is 0.301. The maximum absolute atomic E-state index is 13.3. The smallest absolute Gasteiger partial charge is 0.307 e. The van der Waals surface area contributed by atoms with Crippen LogP contribution in [0.25, 0.3) is 10.8 Å². The first-order valence-corrected chi connectivity index (χ1v) is 11.2. The molecule has 0 spiro atoms. The zero-order chi connectivity index (χ0) is 23.1. The first-order valence-electron chi connectivity index (χ1n) is 11.2. The van der Waals surface area contributed by atoms with Gasteiger partial charge < -0.3 is 19.6 Å². The minimum Gasteiger partial charge on any atom is -0.481 e. The average molecular weight is 441 g/mol. The Morgan fingerprint density at radius 1 is 1.06 bits per heavy atom. The molecule has 1 saturated heterocycles. The van der Waals surface area contributed by atoms with E-state index in [4.69, 9.17) is 4.74 Å². The number of ether oxygens (including phenoxy) is 1. The lowest BCUT2D eigenvalue weighted by atomic mass is 9.93. The maximum Gasteiger partial charge on any atom is 0.307 e. The van der Waals surface area contributed by atoms with Crippen LogP contribution < -0.4 is 0 Å². The van der Waals surface area contributed by atoms with Crippen molar-refractivity contribution in [3.05, 3.63) is 48.0 Å². The average Bonchev–Trinajstić information content (AvgIpc) is 2.78. The van der Waals surface area contributed by atoms with Gasteiger partial charge in [-0.15, -0.1) is 0 Å². The lowest BCUT2D eigenvalue weighted by molar-refractivity contribution is -0.148. The summed E-state index contributed by atoms with van der Waals surface area (Å²) in [5, 5.41) is 11.7. The van der Waals surface area contributed by atoms with Gasteiger partial charge in [-0.2, -0.15) is 0 Å². The van der Waals surface area contributed by atoms with Crippen molar-refractivity contribution in [1.29, 1.82) is 0 Å². The number of amides is 2. The molecular formula is C25H32N2O5. The van der Waals surface area contributed by atoms with E-state index in [2.05, 4.69) is 0 Å². The molecule has 1 heterocycles. The van der Waals surface area contributed by atoms with Gasteiger partial charge in [0.2, 0.25) is 11.8 Å². The Bertz CT molecular complexity index is 947. The third-order valence-electron chi connectivity index (χ3n) is 5.81. The van der Waals surface area contributed by atoms with Crippen LogP contribution in [0.15, 0.2) is 42.5 Å². The molecular weight excluding hydrogens is 408 g/mol. The van der Waals surface area contributed by atoms with Crippen molar-refractivity contribution < 1.29 is 24.2 Å². The van der Waals surface area contributed by atoms with E-state index in [0.29, 0.717) is 32.7 Å². The zero-order valence-corrected chi connectivity index (χ0v) is 18.8. The van der Waals surface area contributed by atoms with E-state index in [1.54, 1.807) is 4.90 Å². The van der Waals surface area contributed by atoms with Crippen molar-refractivity contribution in [3.8, 4) is 0 Å². The molecule has 1 aliphatic heterocycles. The molecule has 3 rings (SSSR count). The molecule has 32 heavy (non-hydrogen) atoms. The molecule has 0 aliphatic carbocycles. The van der Waals surface area contributed by atoms with Crippen LogP contribution in [-0.2, 0) is 25.7 Å². The molecule has 0 radical (unpaired) electrons. The van der Waals surface area contributed by atoms with E-state index in [9.17, 15) is 19.5 Å². The first kappa shape index (κ1) is 23.7. The number of rotatable bonds is 9. The van der Waals surface area contributed by atoms with Crippen LogP contribution >= 0.6 is 0 Å². The molecule has 1 N–H and O–H groups in total. The number of hydrogen-bond acceptors (Lipinski definition) is 4. The second kappa shape index (κ2) is 11.1. The van der Waals surface area contributed by atoms with Gasteiger partial charge in [-0.3, -0.25) is 14.4 Å². The summed E-state index contributed by atoms with van der Waals surface area (Å²) >= 11 is 0. The van der Waals surface area contributed by atoms with E-state index in [0.717, 1.165) is 16.3 Å². The van der Waals surface area contributed by atoms with Crippen LogP contribution in [0.1, 0.15) is 32.3 Å². The third kappa shape index (κ3) is 6.29. The summed E-state index contributed by atoms with van der Waals surface area (Å²) in [5.74, 6) is -2.04. The van der Waals surface area contributed by atoms with Crippen molar-refractivity contribution >= 4 is 28.6 Å². The largest absolute Gasteiger partial charge is 0.481 e. The first-order chi connectivity index (χ1) is 15.3. The highest BCUT2D eigenvalue weighted by molar-refractivity contribution is 5.89. The van der Waals surface area contributed by atoms with Crippen molar-refractivity contribution in [2.75, 3.05) is 32.8 Å². The fourth-order valence-corrected chi connectivity index (χ4v) is 4.12. The molecule has 7 nitrogen and oxygen atoms in total. The zero-order valence-electron chi connectivity index (χ0n) is 18.8. The van der Waals surface area contributed by atoms with Crippen LogP contribution in [0.2, 0.25) is 0 Å². The highest BCUT2D eigenvalue weighted by Gasteiger charge is 2.28. The van der Waals surface area contributed by atoms with Gasteiger partial charge in [0, 0.05) is 26.1 Å². The Hall–Kier alpha value is -2.93. The molecule has 1 atom stereocenters. The molecule has 0 aromatic heterocycles. The molecule has 0 saturated carbocycles. The van der Waals surface area contributed by atoms with Crippen molar-refractivity contribution in [2.45, 2.75) is 33.2 Å². The second-order valence-corrected chi connectivity index (χ2v) is 8.75. The highest BCUT2D eigenvalue weighted by atomic mass is 16.5. The van der Waals surface area contributed by atoms with E-state index < -0.39 is 11.9 Å². The lowest BCUT2D eigenvalue weighted by Gasteiger charge is -2.31. The summed E-state index contributed by atoms with van der Waals surface area (Å²) in [5.41, 5.74) is 0.932. The van der Waals surface area contributed by atoms with E-state index in [1.807, 2.05) is 56.3 Å². The molecule has 1 fully saturated rings. The topological polar surface area (TPSA) is 87.2 Å². The fourth-order valence-electron chi connectivity index (χ4n) is 4.12. The summed E-state index contributed by atoms with van der Waals surface area (Å²) < 4.78 is 5.32. The number of benzene rings is 2. The monoisotopic (exact) mass is 440 g/mol. The molecule has 0 bridgehead atoms. The Balaban J connectivity index is 1.83. The predicted octanol–water partition coefficient (Wildman–Crippen LogP) is 3.16. The van der Waals surface area contributed by atoms with Gasteiger partial charge in [0.1, 0.15) is 6.54 Å². The molecule has 2 aromatic carbocycles. The number of carboxylic acid groups (broad SMARTS) is 1. The second-order valence-electron chi connectivity index (χ2n) is 8.75. The fraction of sp³-hybridized carbons (Fsp3) is 0.480. The van der Waals surface area contributed by atoms with Gasteiger partial charge >= 0.3 is 5.97 Å². The summed E-state index contributed by atoms with van der Waals surface area (Å²) in [4.78, 5) is 41.1.